The van der Waals surface area contributed by atoms with Crippen LogP contribution in [0.25, 0.3) is 0 Å². The van der Waals surface area contributed by atoms with E-state index in [-0.39, 0.29) is 24.2 Å². The lowest BCUT2D eigenvalue weighted by Gasteiger charge is -2.39. The first-order valence-corrected chi connectivity index (χ1v) is 9.42. The largest absolute Gasteiger partial charge is 0.395 e. The highest BCUT2D eigenvalue weighted by Crippen LogP contribution is 2.49. The molecular weight excluding hydrogens is 335 g/mol. The van der Waals surface area contributed by atoms with Crippen molar-refractivity contribution in [2.75, 3.05) is 26.2 Å². The molecule has 0 aromatic heterocycles. The maximum Gasteiger partial charge on any atom is 0.231 e. The average Bonchev–Trinajstić information content (AvgIpc) is 3.34. The van der Waals surface area contributed by atoms with Gasteiger partial charge in [-0.3, -0.25) is 9.59 Å². The third kappa shape index (κ3) is 2.90. The van der Waals surface area contributed by atoms with Crippen LogP contribution in [0.1, 0.15) is 37.7 Å². The molecule has 140 valence electrons. The van der Waals surface area contributed by atoms with E-state index in [1.54, 1.807) is 17.0 Å². The predicted octanol–water partition coefficient (Wildman–Crippen LogP) is 1.94. The van der Waals surface area contributed by atoms with Gasteiger partial charge in [-0.15, -0.1) is 0 Å². The Balaban J connectivity index is 1.46. The van der Waals surface area contributed by atoms with E-state index < -0.39 is 10.8 Å². The lowest BCUT2D eigenvalue weighted by molar-refractivity contribution is -0.147. The minimum Gasteiger partial charge on any atom is -0.395 e. The number of aliphatic hydroxyl groups is 1. The van der Waals surface area contributed by atoms with Gasteiger partial charge < -0.3 is 14.9 Å². The molecule has 2 heterocycles. The van der Waals surface area contributed by atoms with E-state index in [4.69, 9.17) is 0 Å². The number of rotatable bonds is 4. The van der Waals surface area contributed by atoms with Crippen LogP contribution in [-0.4, -0.2) is 53.0 Å². The standard InChI is InChI=1S/C20H25FN2O3/c21-16-4-2-15(3-5-16)12-22-10-1-6-19(17(22)25)9-11-23(13-19)18(26)20(14-24)7-8-20/h2-5,24H,1,6-14H2/t19-/m0/s1. The van der Waals surface area contributed by atoms with Crippen LogP contribution in [0.4, 0.5) is 4.39 Å². The molecule has 1 aromatic rings. The first-order chi connectivity index (χ1) is 12.5. The molecule has 1 spiro atoms. The molecular formula is C20H25FN2O3. The molecule has 4 rings (SSSR count). The highest BCUT2D eigenvalue weighted by molar-refractivity contribution is 5.89. The monoisotopic (exact) mass is 360 g/mol. The molecule has 3 fully saturated rings. The van der Waals surface area contributed by atoms with Crippen molar-refractivity contribution < 1.29 is 19.1 Å². The average molecular weight is 360 g/mol. The van der Waals surface area contributed by atoms with Crippen LogP contribution in [0.3, 0.4) is 0 Å². The van der Waals surface area contributed by atoms with Crippen LogP contribution in [0, 0.1) is 16.6 Å². The van der Waals surface area contributed by atoms with Crippen molar-refractivity contribution in [3.63, 3.8) is 0 Å². The van der Waals surface area contributed by atoms with E-state index in [2.05, 4.69) is 0 Å². The van der Waals surface area contributed by atoms with Crippen molar-refractivity contribution in [3.8, 4) is 0 Å². The summed E-state index contributed by atoms with van der Waals surface area (Å²) in [5.74, 6) is -0.157. The maximum absolute atomic E-state index is 13.2. The van der Waals surface area contributed by atoms with E-state index in [9.17, 15) is 19.1 Å². The van der Waals surface area contributed by atoms with E-state index >= 15 is 0 Å². The van der Waals surface area contributed by atoms with Crippen LogP contribution in [0.2, 0.25) is 0 Å². The first-order valence-electron chi connectivity index (χ1n) is 9.42. The van der Waals surface area contributed by atoms with Gasteiger partial charge in [-0.1, -0.05) is 12.1 Å². The van der Waals surface area contributed by atoms with Gasteiger partial charge >= 0.3 is 0 Å². The molecule has 1 atom stereocenters. The summed E-state index contributed by atoms with van der Waals surface area (Å²) in [6.45, 7) is 2.14. The number of halogens is 1. The van der Waals surface area contributed by atoms with E-state index in [1.165, 1.54) is 12.1 Å². The third-order valence-electron chi connectivity index (χ3n) is 6.36. The highest BCUT2D eigenvalue weighted by Gasteiger charge is 2.56. The second-order valence-electron chi connectivity index (χ2n) is 8.15. The number of carbonyl (C=O) groups excluding carboxylic acids is 2. The highest BCUT2D eigenvalue weighted by atomic mass is 19.1. The SMILES string of the molecule is O=C(N1CC[C@@]2(CCCN(Cc3ccc(F)cc3)C2=O)C1)C1(CO)CC1. The normalized spacial score (nSPS) is 27.2. The number of hydrogen-bond acceptors (Lipinski definition) is 3. The van der Waals surface area contributed by atoms with Gasteiger partial charge in [0.05, 0.1) is 17.4 Å². The van der Waals surface area contributed by atoms with Gasteiger partial charge in [0.2, 0.25) is 11.8 Å². The quantitative estimate of drug-likeness (QED) is 0.893. The Labute approximate surface area is 152 Å². The lowest BCUT2D eigenvalue weighted by atomic mass is 9.78. The van der Waals surface area contributed by atoms with Crippen molar-refractivity contribution in [1.29, 1.82) is 0 Å². The molecule has 2 amide bonds. The number of amides is 2. The zero-order valence-electron chi connectivity index (χ0n) is 14.9. The Morgan fingerprint density at radius 3 is 2.50 bits per heavy atom. The Morgan fingerprint density at radius 1 is 1.12 bits per heavy atom. The molecule has 0 unspecified atom stereocenters. The molecule has 26 heavy (non-hydrogen) atoms. The van der Waals surface area contributed by atoms with Crippen molar-refractivity contribution in [1.82, 2.24) is 9.80 Å². The smallest absolute Gasteiger partial charge is 0.231 e. The molecule has 6 heteroatoms. The van der Waals surface area contributed by atoms with Crippen LogP contribution < -0.4 is 0 Å². The summed E-state index contributed by atoms with van der Waals surface area (Å²) in [5.41, 5.74) is -0.142. The van der Waals surface area contributed by atoms with Gasteiger partial charge in [-0.05, 0) is 49.8 Å². The van der Waals surface area contributed by atoms with Crippen molar-refractivity contribution in [2.45, 2.75) is 38.6 Å². The van der Waals surface area contributed by atoms with Crippen molar-refractivity contribution in [3.05, 3.63) is 35.6 Å². The van der Waals surface area contributed by atoms with Gasteiger partial charge in [-0.25, -0.2) is 4.39 Å². The van der Waals surface area contributed by atoms with Gasteiger partial charge in [0.1, 0.15) is 5.82 Å². The molecule has 2 saturated heterocycles. The first kappa shape index (κ1) is 17.5. The molecule has 0 bridgehead atoms. The minimum absolute atomic E-state index is 0.0142. The van der Waals surface area contributed by atoms with Gasteiger partial charge in [0.15, 0.2) is 0 Å². The molecule has 1 N–H and O–H groups in total. The summed E-state index contributed by atoms with van der Waals surface area (Å²) in [7, 11) is 0. The molecule has 5 nitrogen and oxygen atoms in total. The third-order valence-corrected chi connectivity index (χ3v) is 6.36. The number of likely N-dealkylation sites (tertiary alicyclic amines) is 2. The fourth-order valence-corrected chi connectivity index (χ4v) is 4.46. The molecule has 1 aliphatic carbocycles. The Bertz CT molecular complexity index is 716. The van der Waals surface area contributed by atoms with Crippen LogP contribution in [0.5, 0.6) is 0 Å². The molecule has 0 radical (unpaired) electrons. The zero-order valence-corrected chi connectivity index (χ0v) is 14.9. The van der Waals surface area contributed by atoms with Crippen LogP contribution in [-0.2, 0) is 16.1 Å². The van der Waals surface area contributed by atoms with E-state index in [1.807, 2.05) is 4.90 Å². The fraction of sp³-hybridized carbons (Fsp3) is 0.600. The van der Waals surface area contributed by atoms with Gasteiger partial charge in [0.25, 0.3) is 0 Å². The second-order valence-corrected chi connectivity index (χ2v) is 8.15. The topological polar surface area (TPSA) is 60.9 Å². The number of aliphatic hydroxyl groups excluding tert-OH is 1. The summed E-state index contributed by atoms with van der Waals surface area (Å²) in [6, 6.07) is 6.26. The minimum atomic E-state index is -0.572. The Hall–Kier alpha value is -1.95. The predicted molar refractivity (Wildman–Crippen MR) is 93.4 cm³/mol. The summed E-state index contributed by atoms with van der Waals surface area (Å²) in [4.78, 5) is 29.5. The number of nitrogens with zero attached hydrogens (tertiary/aromatic N) is 2. The Kier molecular flexibility index (Phi) is 4.26. The summed E-state index contributed by atoms with van der Waals surface area (Å²) < 4.78 is 13.1. The molecule has 1 saturated carbocycles. The number of piperidine rings is 1. The van der Waals surface area contributed by atoms with Crippen LogP contribution in [0.15, 0.2) is 24.3 Å². The van der Waals surface area contributed by atoms with Crippen LogP contribution >= 0.6 is 0 Å². The summed E-state index contributed by atoms with van der Waals surface area (Å²) in [5, 5.41) is 9.52. The van der Waals surface area contributed by atoms with E-state index in [0.717, 1.165) is 31.2 Å². The van der Waals surface area contributed by atoms with Crippen molar-refractivity contribution >= 4 is 11.8 Å². The second kappa shape index (κ2) is 6.34. The molecule has 3 aliphatic rings. The summed E-state index contributed by atoms with van der Waals surface area (Å²) >= 11 is 0. The number of benzene rings is 1. The number of hydrogen-bond donors (Lipinski definition) is 1. The van der Waals surface area contributed by atoms with E-state index in [0.29, 0.717) is 32.6 Å². The fourth-order valence-electron chi connectivity index (χ4n) is 4.46. The molecule has 1 aromatic carbocycles. The lowest BCUT2D eigenvalue weighted by Crippen LogP contribution is -2.50. The Morgan fingerprint density at radius 2 is 1.85 bits per heavy atom. The van der Waals surface area contributed by atoms with Gasteiger partial charge in [-0.2, -0.15) is 0 Å². The van der Waals surface area contributed by atoms with Gasteiger partial charge in [0, 0.05) is 26.2 Å². The number of carbonyl (C=O) groups is 2. The zero-order chi connectivity index (χ0) is 18.4. The molecule has 2 aliphatic heterocycles. The maximum atomic E-state index is 13.2. The summed E-state index contributed by atoms with van der Waals surface area (Å²) in [6.07, 6.45) is 3.91. The van der Waals surface area contributed by atoms with Crippen molar-refractivity contribution in [2.24, 2.45) is 10.8 Å².